The van der Waals surface area contributed by atoms with Gasteiger partial charge in [0.1, 0.15) is 5.56 Å². The highest BCUT2D eigenvalue weighted by Gasteiger charge is 2.24. The fourth-order valence-electron chi connectivity index (χ4n) is 4.60. The van der Waals surface area contributed by atoms with Gasteiger partial charge in [-0.25, -0.2) is 19.2 Å². The first kappa shape index (κ1) is 26.3. The largest absolute Gasteiger partial charge is 0.381 e. The third kappa shape index (κ3) is 4.69. The Labute approximate surface area is 239 Å². The van der Waals surface area contributed by atoms with E-state index >= 15 is 0 Å². The summed E-state index contributed by atoms with van der Waals surface area (Å²) in [5.41, 5.74) is 12.6. The summed E-state index contributed by atoms with van der Waals surface area (Å²) in [6, 6.07) is 15.5. The quantitative estimate of drug-likeness (QED) is 0.274. The van der Waals surface area contributed by atoms with E-state index in [-0.39, 0.29) is 22.8 Å². The van der Waals surface area contributed by atoms with Crippen molar-refractivity contribution in [2.45, 2.75) is 19.9 Å². The number of hydrogen-bond acceptors (Lipinski definition) is 8. The monoisotopic (exact) mass is 558 g/mol. The standard InChI is InChI=1S/C30H26N10O2/c1-18(34-29(41)25-26(31)37-39-16-8-15-32-28(25)39)27-35-23-12-7-9-20(13-14-21-17-33-38(3)19(21)2)24(23)30(42)40(27)36-22-10-5-4-6-11-22/h4-12,15-18,36H,1-3H3,(H2,31,37)(H,34,41). The molecule has 42 heavy (non-hydrogen) atoms. The Balaban J connectivity index is 1.45. The number of nitrogens with zero attached hydrogens (tertiary/aromatic N) is 7. The predicted octanol–water partition coefficient (Wildman–Crippen LogP) is 2.83. The molecular formula is C30H26N10O2. The van der Waals surface area contributed by atoms with Crippen LogP contribution in [0.4, 0.5) is 11.5 Å². The highest BCUT2D eigenvalue weighted by molar-refractivity contribution is 6.04. The molecule has 0 saturated heterocycles. The smallest absolute Gasteiger partial charge is 0.281 e. The Morgan fingerprint density at radius 3 is 2.60 bits per heavy atom. The molecule has 4 heterocycles. The van der Waals surface area contributed by atoms with Crippen LogP contribution in [0.15, 0.2) is 78.0 Å². The maximum atomic E-state index is 14.1. The number of rotatable bonds is 5. The van der Waals surface area contributed by atoms with E-state index in [1.807, 2.05) is 44.3 Å². The normalized spacial score (nSPS) is 11.7. The average Bonchev–Trinajstić information content (AvgIpc) is 3.50. The molecule has 2 aromatic carbocycles. The number of hydrogen-bond donors (Lipinski definition) is 3. The van der Waals surface area contributed by atoms with E-state index in [9.17, 15) is 9.59 Å². The Morgan fingerprint density at radius 1 is 1.05 bits per heavy atom. The molecule has 12 heteroatoms. The second kappa shape index (κ2) is 10.5. The molecule has 0 bridgehead atoms. The van der Waals surface area contributed by atoms with Crippen LogP contribution in [0.2, 0.25) is 0 Å². The summed E-state index contributed by atoms with van der Waals surface area (Å²) in [6.07, 6.45) is 4.90. The van der Waals surface area contributed by atoms with Crippen LogP contribution in [0.3, 0.4) is 0 Å². The van der Waals surface area contributed by atoms with Gasteiger partial charge in [0.05, 0.1) is 40.1 Å². The van der Waals surface area contributed by atoms with Gasteiger partial charge in [0.2, 0.25) is 0 Å². The van der Waals surface area contributed by atoms with Gasteiger partial charge in [-0.05, 0) is 44.2 Å². The van der Waals surface area contributed by atoms with Crippen LogP contribution in [0.5, 0.6) is 0 Å². The summed E-state index contributed by atoms with van der Waals surface area (Å²) in [5.74, 6) is 6.07. The van der Waals surface area contributed by atoms with Crippen molar-refractivity contribution in [3.63, 3.8) is 0 Å². The molecule has 0 spiro atoms. The van der Waals surface area contributed by atoms with Crippen molar-refractivity contribution in [3.8, 4) is 11.8 Å². The van der Waals surface area contributed by atoms with Gasteiger partial charge in [-0.2, -0.15) is 5.10 Å². The van der Waals surface area contributed by atoms with Gasteiger partial charge >= 0.3 is 0 Å². The first-order valence-electron chi connectivity index (χ1n) is 13.1. The highest BCUT2D eigenvalue weighted by Crippen LogP contribution is 2.21. The van der Waals surface area contributed by atoms with Crippen LogP contribution in [0, 0.1) is 18.8 Å². The van der Waals surface area contributed by atoms with E-state index in [2.05, 4.69) is 37.8 Å². The van der Waals surface area contributed by atoms with E-state index in [1.54, 1.807) is 54.5 Å². The topological polar surface area (TPSA) is 150 Å². The molecule has 0 aliphatic heterocycles. The maximum Gasteiger partial charge on any atom is 0.281 e. The number of nitrogens with one attached hydrogen (secondary N) is 2. The molecule has 1 atom stereocenters. The van der Waals surface area contributed by atoms with Crippen LogP contribution in [0.25, 0.3) is 16.6 Å². The number of aromatic nitrogens is 7. The molecule has 12 nitrogen and oxygen atoms in total. The maximum absolute atomic E-state index is 14.1. The number of para-hydroxylation sites is 1. The summed E-state index contributed by atoms with van der Waals surface area (Å²) in [6.45, 7) is 3.66. The van der Waals surface area contributed by atoms with E-state index in [4.69, 9.17) is 10.7 Å². The number of aryl methyl sites for hydroxylation is 1. The van der Waals surface area contributed by atoms with E-state index in [0.29, 0.717) is 27.8 Å². The zero-order valence-corrected chi connectivity index (χ0v) is 23.0. The lowest BCUT2D eigenvalue weighted by Gasteiger charge is -2.20. The minimum Gasteiger partial charge on any atom is -0.381 e. The molecule has 6 aromatic rings. The molecule has 1 amide bonds. The molecule has 0 aliphatic rings. The summed E-state index contributed by atoms with van der Waals surface area (Å²) in [7, 11) is 1.85. The summed E-state index contributed by atoms with van der Waals surface area (Å²) in [4.78, 5) is 36.6. The summed E-state index contributed by atoms with van der Waals surface area (Å²) >= 11 is 0. The fourth-order valence-corrected chi connectivity index (χ4v) is 4.60. The van der Waals surface area contributed by atoms with Gasteiger partial charge in [0.25, 0.3) is 11.5 Å². The molecule has 208 valence electrons. The number of nitrogen functional groups attached to an aromatic ring is 1. The first-order valence-corrected chi connectivity index (χ1v) is 13.1. The Kier molecular flexibility index (Phi) is 6.60. The van der Waals surface area contributed by atoms with Crippen LogP contribution < -0.4 is 22.0 Å². The van der Waals surface area contributed by atoms with E-state index in [0.717, 1.165) is 11.3 Å². The lowest BCUT2D eigenvalue weighted by atomic mass is 10.1. The summed E-state index contributed by atoms with van der Waals surface area (Å²) in [5, 5.41) is 11.7. The summed E-state index contributed by atoms with van der Waals surface area (Å²) < 4.78 is 4.51. The minimum absolute atomic E-state index is 0.0386. The lowest BCUT2D eigenvalue weighted by molar-refractivity contribution is 0.0940. The molecule has 0 aliphatic carbocycles. The van der Waals surface area contributed by atoms with Gasteiger partial charge in [0, 0.05) is 25.0 Å². The van der Waals surface area contributed by atoms with Gasteiger partial charge in [-0.1, -0.05) is 36.1 Å². The molecule has 0 fully saturated rings. The van der Waals surface area contributed by atoms with Crippen molar-refractivity contribution in [1.29, 1.82) is 0 Å². The van der Waals surface area contributed by atoms with E-state index < -0.39 is 11.9 Å². The number of fused-ring (bicyclic) bond motifs is 2. The molecule has 4 N–H and O–H groups in total. The van der Waals surface area contributed by atoms with Crippen LogP contribution >= 0.6 is 0 Å². The molecule has 1 unspecified atom stereocenters. The third-order valence-corrected chi connectivity index (χ3v) is 6.89. The minimum atomic E-state index is -0.725. The van der Waals surface area contributed by atoms with Crippen molar-refractivity contribution < 1.29 is 4.79 Å². The number of nitrogens with two attached hydrogens (primary N) is 1. The Morgan fingerprint density at radius 2 is 1.83 bits per heavy atom. The van der Waals surface area contributed by atoms with Crippen molar-refractivity contribution >= 4 is 34.0 Å². The Hall–Kier alpha value is -5.96. The zero-order valence-electron chi connectivity index (χ0n) is 23.0. The van der Waals surface area contributed by atoms with Gasteiger partial charge < -0.3 is 11.1 Å². The first-order chi connectivity index (χ1) is 20.3. The fraction of sp³-hybridized carbons (Fsp3) is 0.133. The van der Waals surface area contributed by atoms with Crippen LogP contribution in [-0.2, 0) is 7.05 Å². The molecular weight excluding hydrogens is 532 g/mol. The molecule has 4 aromatic heterocycles. The second-order valence-corrected chi connectivity index (χ2v) is 9.65. The molecule has 6 rings (SSSR count). The SMILES string of the molecule is Cc1c(C#Cc2cccc3nc(C(C)NC(=O)c4c(N)nn5cccnc45)n(Nc4ccccc4)c(=O)c23)cnn1C. The molecule has 0 radical (unpaired) electrons. The van der Waals surface area contributed by atoms with Crippen molar-refractivity contribution in [3.05, 3.63) is 112 Å². The number of anilines is 2. The highest BCUT2D eigenvalue weighted by atomic mass is 16.2. The van der Waals surface area contributed by atoms with Crippen molar-refractivity contribution in [2.75, 3.05) is 11.2 Å². The predicted molar refractivity (Wildman–Crippen MR) is 159 cm³/mol. The second-order valence-electron chi connectivity index (χ2n) is 9.65. The van der Waals surface area contributed by atoms with Crippen molar-refractivity contribution in [1.82, 2.24) is 39.4 Å². The molecule has 0 saturated carbocycles. The van der Waals surface area contributed by atoms with Crippen LogP contribution in [-0.4, -0.2) is 39.9 Å². The number of benzene rings is 2. The van der Waals surface area contributed by atoms with Gasteiger partial charge in [0.15, 0.2) is 17.3 Å². The number of amides is 1. The average molecular weight is 559 g/mol. The van der Waals surface area contributed by atoms with Gasteiger partial charge in [-0.3, -0.25) is 19.7 Å². The number of carbonyl (C=O) groups excluding carboxylic acids is 1. The van der Waals surface area contributed by atoms with Crippen LogP contribution in [0.1, 0.15) is 46.0 Å². The number of carbonyl (C=O) groups is 1. The lowest BCUT2D eigenvalue weighted by Crippen LogP contribution is -2.37. The van der Waals surface area contributed by atoms with E-state index in [1.165, 1.54) is 9.19 Å². The van der Waals surface area contributed by atoms with Crippen molar-refractivity contribution in [2.24, 2.45) is 7.05 Å². The Bertz CT molecular complexity index is 2100. The zero-order chi connectivity index (χ0) is 29.4. The van der Waals surface area contributed by atoms with Gasteiger partial charge in [-0.15, -0.1) is 5.10 Å². The third-order valence-electron chi connectivity index (χ3n) is 6.89.